The number of halogens is 1. The van der Waals surface area contributed by atoms with Crippen molar-refractivity contribution < 1.29 is 47.2 Å². The minimum absolute atomic E-state index is 0.0677. The molecule has 0 spiro atoms. The van der Waals surface area contributed by atoms with Crippen LogP contribution in [-0.4, -0.2) is 74.8 Å². The Labute approximate surface area is 232 Å². The molecule has 1 fully saturated rings. The molecule has 2 heterocycles. The summed E-state index contributed by atoms with van der Waals surface area (Å²) in [6, 6.07) is 6.42. The molecule has 218 valence electrons. The smallest absolute Gasteiger partial charge is 0.331 e. The molecule has 1 amide bonds. The van der Waals surface area contributed by atoms with Gasteiger partial charge in [-0.25, -0.2) is 14.2 Å². The van der Waals surface area contributed by atoms with Crippen LogP contribution in [0.5, 0.6) is 11.5 Å². The van der Waals surface area contributed by atoms with Crippen molar-refractivity contribution in [3.63, 3.8) is 0 Å². The summed E-state index contributed by atoms with van der Waals surface area (Å²) in [5.41, 5.74) is 0.666. The summed E-state index contributed by atoms with van der Waals surface area (Å²) in [5, 5.41) is 2.59. The Morgan fingerprint density at radius 1 is 1.18 bits per heavy atom. The number of cyclic esters (lactones) is 1. The van der Waals surface area contributed by atoms with Crippen LogP contribution in [0.25, 0.3) is 0 Å². The van der Waals surface area contributed by atoms with E-state index in [9.17, 15) is 18.8 Å². The van der Waals surface area contributed by atoms with Gasteiger partial charge < -0.3 is 33.7 Å². The molecule has 0 saturated carbocycles. The summed E-state index contributed by atoms with van der Waals surface area (Å²) < 4.78 is 46.6. The van der Waals surface area contributed by atoms with Crippen LogP contribution in [0.1, 0.15) is 43.2 Å². The Bertz CT molecular complexity index is 1150. The summed E-state index contributed by atoms with van der Waals surface area (Å²) in [5.74, 6) is -2.56. The molecule has 1 N–H and O–H groups in total. The van der Waals surface area contributed by atoms with Gasteiger partial charge in [-0.2, -0.15) is 0 Å². The molecule has 1 aromatic heterocycles. The first-order valence-corrected chi connectivity index (χ1v) is 13.0. The number of hydrogen-bond acceptors (Lipinski definition) is 10. The van der Waals surface area contributed by atoms with Gasteiger partial charge in [-0.3, -0.25) is 9.59 Å². The molecule has 1 saturated heterocycles. The van der Waals surface area contributed by atoms with Gasteiger partial charge in [0.05, 0.1) is 26.4 Å². The summed E-state index contributed by atoms with van der Waals surface area (Å²) >= 11 is 0. The highest BCUT2D eigenvalue weighted by Crippen LogP contribution is 2.30. The Morgan fingerprint density at radius 3 is 2.60 bits per heavy atom. The van der Waals surface area contributed by atoms with E-state index in [1.165, 1.54) is 38.4 Å². The third-order valence-corrected chi connectivity index (χ3v) is 6.23. The molecule has 0 bridgehead atoms. The van der Waals surface area contributed by atoms with Crippen LogP contribution in [0.3, 0.4) is 0 Å². The fraction of sp³-hybridized carbons (Fsp3) is 0.500. The molecular formula is C28H35FN2O9. The zero-order valence-electron chi connectivity index (χ0n) is 23.0. The van der Waals surface area contributed by atoms with Crippen LogP contribution in [-0.2, 0) is 35.0 Å². The maximum absolute atomic E-state index is 13.5. The molecule has 1 aliphatic heterocycles. The first-order valence-electron chi connectivity index (χ1n) is 13.0. The summed E-state index contributed by atoms with van der Waals surface area (Å²) in [6.07, 6.45) is 1.55. The van der Waals surface area contributed by atoms with Crippen molar-refractivity contribution in [3.8, 4) is 11.5 Å². The molecule has 4 atom stereocenters. The number of hydrogen-bond donors (Lipinski definition) is 1. The SMILES string of the molecule is CCCO[C@H]1COC[C@H](NC(=O)c2nccc(OC)c2OCOC(C)=O)C(=O)O[C@@H](C)[C@@H]1Cc1ccc(F)cc1. The predicted molar refractivity (Wildman–Crippen MR) is 139 cm³/mol. The Kier molecular flexibility index (Phi) is 11.6. The molecule has 2 aromatic rings. The van der Waals surface area contributed by atoms with E-state index in [0.29, 0.717) is 13.0 Å². The van der Waals surface area contributed by atoms with Gasteiger partial charge in [-0.15, -0.1) is 0 Å². The van der Waals surface area contributed by atoms with Crippen LogP contribution in [0.2, 0.25) is 0 Å². The van der Waals surface area contributed by atoms with Crippen molar-refractivity contribution >= 4 is 17.8 Å². The lowest BCUT2D eigenvalue weighted by Gasteiger charge is -2.30. The second kappa shape index (κ2) is 15.1. The fourth-order valence-corrected chi connectivity index (χ4v) is 4.17. The summed E-state index contributed by atoms with van der Waals surface area (Å²) in [4.78, 5) is 41.6. The standard InChI is InChI=1S/C28H35FN2O9/c1-5-12-37-24-15-36-14-22(28(34)40-17(2)21(24)13-19-6-8-20(29)9-7-19)31-27(33)25-26(39-16-38-18(3)32)23(35-4)10-11-30-25/h6-11,17,21-22,24H,5,12-16H2,1-4H3,(H,31,33)/t17-,21-,22-,24-/m0/s1. The van der Waals surface area contributed by atoms with Gasteiger partial charge in [0.25, 0.3) is 5.91 Å². The molecule has 1 aliphatic rings. The molecule has 0 aliphatic carbocycles. The number of nitrogens with zero attached hydrogens (tertiary/aromatic N) is 1. The van der Waals surface area contributed by atoms with E-state index in [1.807, 2.05) is 6.92 Å². The lowest BCUT2D eigenvalue weighted by molar-refractivity contribution is -0.155. The van der Waals surface area contributed by atoms with Crippen molar-refractivity contribution in [2.45, 2.75) is 51.9 Å². The third kappa shape index (κ3) is 8.62. The van der Waals surface area contributed by atoms with Crippen molar-refractivity contribution in [2.24, 2.45) is 5.92 Å². The number of carbonyl (C=O) groups excluding carboxylic acids is 3. The number of pyridine rings is 1. The summed E-state index contributed by atoms with van der Waals surface area (Å²) in [7, 11) is 1.37. The third-order valence-electron chi connectivity index (χ3n) is 6.23. The maximum atomic E-state index is 13.5. The predicted octanol–water partition coefficient (Wildman–Crippen LogP) is 2.84. The molecule has 1 aromatic carbocycles. The number of ether oxygens (including phenoxy) is 6. The van der Waals surface area contributed by atoms with E-state index in [1.54, 1.807) is 19.1 Å². The van der Waals surface area contributed by atoms with Gasteiger partial charge in [0.2, 0.25) is 6.79 Å². The quantitative estimate of drug-likeness (QED) is 0.322. The highest BCUT2D eigenvalue weighted by atomic mass is 19.1. The number of benzene rings is 1. The van der Waals surface area contributed by atoms with Gasteiger partial charge in [0, 0.05) is 31.7 Å². The molecule has 40 heavy (non-hydrogen) atoms. The van der Waals surface area contributed by atoms with Crippen LogP contribution in [0, 0.1) is 11.7 Å². The topological polar surface area (TPSA) is 132 Å². The average molecular weight is 563 g/mol. The van der Waals surface area contributed by atoms with E-state index in [-0.39, 0.29) is 42.1 Å². The summed E-state index contributed by atoms with van der Waals surface area (Å²) in [6.45, 7) is 4.92. The molecule has 0 radical (unpaired) electrons. The van der Waals surface area contributed by atoms with Gasteiger partial charge in [-0.05, 0) is 37.5 Å². The normalized spacial score (nSPS) is 21.3. The minimum atomic E-state index is -1.17. The first kappa shape index (κ1) is 30.8. The number of carbonyl (C=O) groups is 3. The zero-order chi connectivity index (χ0) is 29.1. The van der Waals surface area contributed by atoms with Gasteiger partial charge in [-0.1, -0.05) is 19.1 Å². The van der Waals surface area contributed by atoms with E-state index in [4.69, 9.17) is 28.4 Å². The zero-order valence-corrected chi connectivity index (χ0v) is 23.0. The fourth-order valence-electron chi connectivity index (χ4n) is 4.17. The molecule has 3 rings (SSSR count). The van der Waals surface area contributed by atoms with Gasteiger partial charge in [0.1, 0.15) is 11.9 Å². The van der Waals surface area contributed by atoms with E-state index in [2.05, 4.69) is 10.3 Å². The molecule has 11 nitrogen and oxygen atoms in total. The van der Waals surface area contributed by atoms with E-state index >= 15 is 0 Å². The second-order valence-corrected chi connectivity index (χ2v) is 9.20. The van der Waals surface area contributed by atoms with Crippen LogP contribution >= 0.6 is 0 Å². The second-order valence-electron chi connectivity index (χ2n) is 9.20. The van der Waals surface area contributed by atoms with Crippen molar-refractivity contribution in [3.05, 3.63) is 53.6 Å². The highest BCUT2D eigenvalue weighted by Gasteiger charge is 2.36. The van der Waals surface area contributed by atoms with Crippen LogP contribution in [0.15, 0.2) is 36.5 Å². The van der Waals surface area contributed by atoms with Gasteiger partial charge in [0.15, 0.2) is 23.2 Å². The van der Waals surface area contributed by atoms with Crippen molar-refractivity contribution in [2.75, 3.05) is 33.7 Å². The van der Waals surface area contributed by atoms with E-state index < -0.39 is 42.9 Å². The van der Waals surface area contributed by atoms with Crippen molar-refractivity contribution in [1.82, 2.24) is 10.3 Å². The first-order chi connectivity index (χ1) is 19.2. The number of rotatable bonds is 11. The number of aromatic nitrogens is 1. The lowest BCUT2D eigenvalue weighted by Crippen LogP contribution is -2.46. The monoisotopic (exact) mass is 562 g/mol. The molecule has 0 unspecified atom stereocenters. The molecular weight excluding hydrogens is 527 g/mol. The largest absolute Gasteiger partial charge is 0.493 e. The minimum Gasteiger partial charge on any atom is -0.493 e. The highest BCUT2D eigenvalue weighted by molar-refractivity contribution is 5.98. The number of nitrogens with one attached hydrogen (secondary N) is 1. The Balaban J connectivity index is 1.78. The van der Waals surface area contributed by atoms with Crippen LogP contribution < -0.4 is 14.8 Å². The Hall–Kier alpha value is -3.77. The lowest BCUT2D eigenvalue weighted by atomic mass is 9.89. The number of esters is 2. The van der Waals surface area contributed by atoms with Crippen molar-refractivity contribution in [1.29, 1.82) is 0 Å². The number of methoxy groups -OCH3 is 1. The molecule has 12 heteroatoms. The van der Waals surface area contributed by atoms with Gasteiger partial charge >= 0.3 is 11.9 Å². The van der Waals surface area contributed by atoms with Crippen LogP contribution in [0.4, 0.5) is 4.39 Å². The number of amides is 1. The maximum Gasteiger partial charge on any atom is 0.331 e. The average Bonchev–Trinajstić information content (AvgIpc) is 2.98. The Morgan fingerprint density at radius 2 is 1.93 bits per heavy atom. The van der Waals surface area contributed by atoms with E-state index in [0.717, 1.165) is 12.0 Å².